The molecule has 1 saturated heterocycles. The summed E-state index contributed by atoms with van der Waals surface area (Å²) in [6, 6.07) is 7.23. The molecule has 2 aromatic carbocycles. The van der Waals surface area contributed by atoms with Crippen LogP contribution in [0.15, 0.2) is 42.5 Å². The quantitative estimate of drug-likeness (QED) is 0.830. The first-order valence-corrected chi connectivity index (χ1v) is 7.79. The Bertz CT molecular complexity index is 857. The summed E-state index contributed by atoms with van der Waals surface area (Å²) in [7, 11) is 0. The lowest BCUT2D eigenvalue weighted by Gasteiger charge is -2.22. The fourth-order valence-electron chi connectivity index (χ4n) is 2.75. The molecule has 8 heteroatoms. The van der Waals surface area contributed by atoms with Gasteiger partial charge in [0.05, 0.1) is 6.54 Å². The van der Waals surface area contributed by atoms with Crippen LogP contribution in [0.1, 0.15) is 12.5 Å². The predicted molar refractivity (Wildman–Crippen MR) is 85.8 cm³/mol. The summed E-state index contributed by atoms with van der Waals surface area (Å²) >= 11 is 0. The van der Waals surface area contributed by atoms with E-state index in [2.05, 4.69) is 5.32 Å². The highest BCUT2D eigenvalue weighted by Crippen LogP contribution is 2.31. The van der Waals surface area contributed by atoms with Gasteiger partial charge in [-0.3, -0.25) is 9.69 Å². The molecule has 1 aliphatic heterocycles. The van der Waals surface area contributed by atoms with Crippen LogP contribution in [0.5, 0.6) is 5.75 Å². The van der Waals surface area contributed by atoms with E-state index in [0.29, 0.717) is 5.75 Å². The summed E-state index contributed by atoms with van der Waals surface area (Å²) in [5.74, 6) is -2.28. The van der Waals surface area contributed by atoms with Gasteiger partial charge in [-0.1, -0.05) is 0 Å². The van der Waals surface area contributed by atoms with Crippen molar-refractivity contribution in [3.63, 3.8) is 0 Å². The minimum Gasteiger partial charge on any atom is -0.492 e. The molecule has 1 aliphatic rings. The number of carbonyl (C=O) groups excluding carboxylic acids is 2. The summed E-state index contributed by atoms with van der Waals surface area (Å²) < 4.78 is 45.7. The Labute approximate surface area is 147 Å². The van der Waals surface area contributed by atoms with Crippen molar-refractivity contribution in [2.45, 2.75) is 12.5 Å². The molecule has 1 N–H and O–H groups in total. The lowest BCUT2D eigenvalue weighted by molar-refractivity contribution is -0.131. The zero-order valence-corrected chi connectivity index (χ0v) is 13.8. The van der Waals surface area contributed by atoms with Gasteiger partial charge in [0.25, 0.3) is 5.91 Å². The summed E-state index contributed by atoms with van der Waals surface area (Å²) in [5, 5.41) is 2.40. The molecule has 3 rings (SSSR count). The van der Waals surface area contributed by atoms with Gasteiger partial charge < -0.3 is 10.1 Å². The fourth-order valence-corrected chi connectivity index (χ4v) is 2.75. The first kappa shape index (κ1) is 17.8. The molecule has 0 unspecified atom stereocenters. The number of urea groups is 1. The molecule has 3 amide bonds. The van der Waals surface area contributed by atoms with E-state index in [9.17, 15) is 22.8 Å². The van der Waals surface area contributed by atoms with Crippen LogP contribution in [0.4, 0.5) is 18.0 Å². The summed E-state index contributed by atoms with van der Waals surface area (Å²) in [6.07, 6.45) is 0. The number of halogens is 3. The standard InChI is InChI=1S/C18H15F3N2O3/c1-18(14-10-12(20)4-7-15(14)21)16(24)23(17(25)22-18)8-9-26-13-5-2-11(19)3-6-13/h2-7,10H,8-9H2,1H3,(H,22,25)/t18-/m1/s1. The van der Waals surface area contributed by atoms with Gasteiger partial charge in [0, 0.05) is 5.56 Å². The van der Waals surface area contributed by atoms with Crippen molar-refractivity contribution < 1.29 is 27.5 Å². The summed E-state index contributed by atoms with van der Waals surface area (Å²) in [6.45, 7) is 1.17. The van der Waals surface area contributed by atoms with E-state index in [-0.39, 0.29) is 18.7 Å². The molecule has 0 radical (unpaired) electrons. The smallest absolute Gasteiger partial charge is 0.325 e. The molecule has 5 nitrogen and oxygen atoms in total. The zero-order valence-electron chi connectivity index (χ0n) is 13.8. The van der Waals surface area contributed by atoms with Crippen molar-refractivity contribution in [1.29, 1.82) is 0 Å². The van der Waals surface area contributed by atoms with Crippen LogP contribution in [0.2, 0.25) is 0 Å². The lowest BCUT2D eigenvalue weighted by atomic mass is 9.91. The first-order valence-electron chi connectivity index (χ1n) is 7.79. The molecule has 0 aliphatic carbocycles. The third-order valence-corrected chi connectivity index (χ3v) is 4.14. The highest BCUT2D eigenvalue weighted by Gasteiger charge is 2.50. The van der Waals surface area contributed by atoms with Crippen LogP contribution >= 0.6 is 0 Å². The molecule has 136 valence electrons. The van der Waals surface area contributed by atoms with Crippen LogP contribution in [0.3, 0.4) is 0 Å². The third kappa shape index (κ3) is 3.22. The molecule has 26 heavy (non-hydrogen) atoms. The molecular formula is C18H15F3N2O3. The average molecular weight is 364 g/mol. The van der Waals surface area contributed by atoms with E-state index in [0.717, 1.165) is 23.1 Å². The molecule has 2 aromatic rings. The summed E-state index contributed by atoms with van der Waals surface area (Å²) in [4.78, 5) is 25.6. The second-order valence-corrected chi connectivity index (χ2v) is 5.94. The SMILES string of the molecule is C[C@]1(c2cc(F)ccc2F)NC(=O)N(CCOc2ccc(F)cc2)C1=O. The van der Waals surface area contributed by atoms with E-state index < -0.39 is 34.9 Å². The van der Waals surface area contributed by atoms with Gasteiger partial charge in [0.2, 0.25) is 0 Å². The average Bonchev–Trinajstić information content (AvgIpc) is 2.82. The molecule has 0 saturated carbocycles. The molecule has 0 bridgehead atoms. The van der Waals surface area contributed by atoms with Crippen molar-refractivity contribution >= 4 is 11.9 Å². The van der Waals surface area contributed by atoms with E-state index in [4.69, 9.17) is 4.74 Å². The number of hydrogen-bond donors (Lipinski definition) is 1. The van der Waals surface area contributed by atoms with E-state index >= 15 is 0 Å². The second-order valence-electron chi connectivity index (χ2n) is 5.94. The minimum atomic E-state index is -1.71. The Morgan fingerprint density at radius 1 is 1.04 bits per heavy atom. The number of benzene rings is 2. The fraction of sp³-hybridized carbons (Fsp3) is 0.222. The van der Waals surface area contributed by atoms with Crippen molar-refractivity contribution in [3.8, 4) is 5.75 Å². The highest BCUT2D eigenvalue weighted by atomic mass is 19.1. The van der Waals surface area contributed by atoms with Crippen LogP contribution in [0.25, 0.3) is 0 Å². The van der Waals surface area contributed by atoms with E-state index in [1.165, 1.54) is 31.2 Å². The Balaban J connectivity index is 1.72. The molecule has 1 heterocycles. The van der Waals surface area contributed by atoms with Gasteiger partial charge in [-0.15, -0.1) is 0 Å². The van der Waals surface area contributed by atoms with Crippen LogP contribution in [-0.2, 0) is 10.3 Å². The second kappa shape index (κ2) is 6.70. The molecule has 1 atom stereocenters. The Morgan fingerprint density at radius 2 is 1.69 bits per heavy atom. The van der Waals surface area contributed by atoms with Crippen LogP contribution in [0, 0.1) is 17.5 Å². The maximum atomic E-state index is 14.1. The van der Waals surface area contributed by atoms with Crippen LogP contribution in [-0.4, -0.2) is 30.0 Å². The Kier molecular flexibility index (Phi) is 4.58. The molecule has 0 spiro atoms. The number of rotatable bonds is 5. The number of imide groups is 1. The maximum absolute atomic E-state index is 14.1. The van der Waals surface area contributed by atoms with Crippen molar-refractivity contribution in [1.82, 2.24) is 10.2 Å². The van der Waals surface area contributed by atoms with Gasteiger partial charge in [0.1, 0.15) is 35.3 Å². The summed E-state index contributed by atoms with van der Waals surface area (Å²) in [5.41, 5.74) is -1.96. The monoisotopic (exact) mass is 364 g/mol. The van der Waals surface area contributed by atoms with Gasteiger partial charge >= 0.3 is 6.03 Å². The number of carbonyl (C=O) groups is 2. The number of nitrogens with one attached hydrogen (secondary N) is 1. The molecule has 1 fully saturated rings. The normalized spacial score (nSPS) is 19.6. The third-order valence-electron chi connectivity index (χ3n) is 4.14. The van der Waals surface area contributed by atoms with Crippen molar-refractivity contribution in [3.05, 3.63) is 65.5 Å². The number of hydrogen-bond acceptors (Lipinski definition) is 3. The lowest BCUT2D eigenvalue weighted by Crippen LogP contribution is -2.42. The van der Waals surface area contributed by atoms with E-state index in [1.807, 2.05) is 0 Å². The number of amides is 3. The highest BCUT2D eigenvalue weighted by molar-refractivity contribution is 6.07. The molecule has 0 aromatic heterocycles. The Morgan fingerprint density at radius 3 is 2.38 bits per heavy atom. The minimum absolute atomic E-state index is 0.0352. The van der Waals surface area contributed by atoms with Gasteiger partial charge in [0.15, 0.2) is 0 Å². The van der Waals surface area contributed by atoms with Gasteiger partial charge in [-0.2, -0.15) is 0 Å². The molecular weight excluding hydrogens is 349 g/mol. The van der Waals surface area contributed by atoms with Gasteiger partial charge in [-0.25, -0.2) is 18.0 Å². The van der Waals surface area contributed by atoms with Gasteiger partial charge in [-0.05, 0) is 49.4 Å². The zero-order chi connectivity index (χ0) is 18.9. The number of nitrogens with zero attached hydrogens (tertiary/aromatic N) is 1. The Hall–Kier alpha value is -3.03. The topological polar surface area (TPSA) is 58.6 Å². The largest absolute Gasteiger partial charge is 0.492 e. The van der Waals surface area contributed by atoms with E-state index in [1.54, 1.807) is 0 Å². The van der Waals surface area contributed by atoms with Crippen molar-refractivity contribution in [2.24, 2.45) is 0 Å². The van der Waals surface area contributed by atoms with Crippen molar-refractivity contribution in [2.75, 3.05) is 13.2 Å². The maximum Gasteiger partial charge on any atom is 0.325 e. The van der Waals surface area contributed by atoms with Crippen LogP contribution < -0.4 is 10.1 Å². The predicted octanol–water partition coefficient (Wildman–Crippen LogP) is 2.95. The number of ether oxygens (including phenoxy) is 1. The first-order chi connectivity index (χ1) is 12.3.